The number of amides is 2. The van der Waals surface area contributed by atoms with Gasteiger partial charge in [0.2, 0.25) is 11.8 Å². The van der Waals surface area contributed by atoms with E-state index in [1.54, 1.807) is 50.3 Å². The summed E-state index contributed by atoms with van der Waals surface area (Å²) in [6.07, 6.45) is 3.30. The summed E-state index contributed by atoms with van der Waals surface area (Å²) in [6.45, 7) is 1.63. The highest BCUT2D eigenvalue weighted by molar-refractivity contribution is 5.77. The molecular weight excluding hydrogens is 363 g/mol. The first-order valence-corrected chi connectivity index (χ1v) is 9.62. The van der Waals surface area contributed by atoms with Crippen LogP contribution in [0.4, 0.5) is 4.39 Å². The maximum absolute atomic E-state index is 14.1. The number of hydrogen-bond acceptors (Lipinski definition) is 5. The van der Waals surface area contributed by atoms with Gasteiger partial charge in [0.25, 0.3) is 0 Å². The average Bonchev–Trinajstić information content (AvgIpc) is 3.19. The number of ether oxygens (including phenoxy) is 1. The average molecular weight is 392 g/mol. The van der Waals surface area contributed by atoms with Gasteiger partial charge in [0, 0.05) is 71.4 Å². The van der Waals surface area contributed by atoms with Crippen LogP contribution in [0.25, 0.3) is 0 Å². The molecule has 2 aliphatic heterocycles. The number of rotatable bonds is 6. The van der Waals surface area contributed by atoms with Crippen molar-refractivity contribution in [1.29, 1.82) is 0 Å². The summed E-state index contributed by atoms with van der Waals surface area (Å²) in [7, 11) is 6.96. The van der Waals surface area contributed by atoms with E-state index in [-0.39, 0.29) is 41.6 Å². The highest BCUT2D eigenvalue weighted by Gasteiger charge is 2.51. The third-order valence-corrected chi connectivity index (χ3v) is 5.88. The van der Waals surface area contributed by atoms with Crippen LogP contribution in [0, 0.1) is 17.7 Å². The van der Waals surface area contributed by atoms with Crippen molar-refractivity contribution in [2.45, 2.75) is 31.5 Å². The predicted molar refractivity (Wildman–Crippen MR) is 102 cm³/mol. The number of pyridine rings is 1. The molecule has 0 radical (unpaired) electrons. The minimum atomic E-state index is -0.329. The lowest BCUT2D eigenvalue weighted by Crippen LogP contribution is -2.35. The van der Waals surface area contributed by atoms with Gasteiger partial charge >= 0.3 is 0 Å². The first-order valence-electron chi connectivity index (χ1n) is 9.62. The number of hydrogen-bond donors (Lipinski definition) is 0. The lowest BCUT2D eigenvalue weighted by Gasteiger charge is -2.24. The summed E-state index contributed by atoms with van der Waals surface area (Å²) in [4.78, 5) is 33.8. The Balaban J connectivity index is 1.79. The largest absolute Gasteiger partial charge is 0.376 e. The molecule has 0 saturated carbocycles. The minimum absolute atomic E-state index is 0.0157. The monoisotopic (exact) mass is 392 g/mol. The molecule has 28 heavy (non-hydrogen) atoms. The Bertz CT molecular complexity index is 727. The van der Waals surface area contributed by atoms with Crippen LogP contribution in [0.5, 0.6) is 0 Å². The van der Waals surface area contributed by atoms with Crippen LogP contribution < -0.4 is 0 Å². The van der Waals surface area contributed by atoms with Gasteiger partial charge in [-0.05, 0) is 12.0 Å². The molecule has 1 aromatic rings. The van der Waals surface area contributed by atoms with Crippen LogP contribution >= 0.6 is 0 Å². The van der Waals surface area contributed by atoms with E-state index in [0.717, 1.165) is 0 Å². The summed E-state index contributed by atoms with van der Waals surface area (Å²) < 4.78 is 20.1. The van der Waals surface area contributed by atoms with Crippen molar-refractivity contribution in [2.75, 3.05) is 41.3 Å². The van der Waals surface area contributed by atoms with Gasteiger partial charge in [-0.25, -0.2) is 4.39 Å². The summed E-state index contributed by atoms with van der Waals surface area (Å²) in [5, 5.41) is 0. The molecule has 2 amide bonds. The van der Waals surface area contributed by atoms with Crippen LogP contribution in [0.3, 0.4) is 0 Å². The number of fused-ring (bicyclic) bond motifs is 1. The molecule has 0 spiro atoms. The molecule has 2 aliphatic rings. The number of likely N-dealkylation sites (tertiary alicyclic amines) is 1. The van der Waals surface area contributed by atoms with E-state index in [2.05, 4.69) is 9.88 Å². The van der Waals surface area contributed by atoms with Crippen molar-refractivity contribution in [3.63, 3.8) is 0 Å². The Morgan fingerprint density at radius 1 is 1.21 bits per heavy atom. The lowest BCUT2D eigenvalue weighted by atomic mass is 9.84. The van der Waals surface area contributed by atoms with Gasteiger partial charge < -0.3 is 14.5 Å². The zero-order valence-corrected chi connectivity index (χ0v) is 17.0. The van der Waals surface area contributed by atoms with Gasteiger partial charge in [-0.15, -0.1) is 0 Å². The molecule has 0 aromatic carbocycles. The Morgan fingerprint density at radius 2 is 1.89 bits per heavy atom. The maximum atomic E-state index is 14.1. The van der Waals surface area contributed by atoms with Crippen LogP contribution in [0.15, 0.2) is 18.5 Å². The third-order valence-electron chi connectivity index (χ3n) is 5.88. The molecule has 2 fully saturated rings. The van der Waals surface area contributed by atoms with E-state index >= 15 is 0 Å². The second-order valence-corrected chi connectivity index (χ2v) is 8.16. The normalized spacial score (nSPS) is 26.9. The fourth-order valence-corrected chi connectivity index (χ4v) is 4.31. The SMILES string of the molecule is CN(C)C(=O)C[C@@H]1CN(Cc2ccncc2F)[C@@H]2CO[C@@H](CC(=O)N(C)C)[C@H]12. The van der Waals surface area contributed by atoms with E-state index in [1.165, 1.54) is 6.20 Å². The second kappa shape index (κ2) is 8.53. The van der Waals surface area contributed by atoms with E-state index in [9.17, 15) is 14.0 Å². The number of carbonyl (C=O) groups excluding carboxylic acids is 2. The van der Waals surface area contributed by atoms with Crippen molar-refractivity contribution in [3.8, 4) is 0 Å². The van der Waals surface area contributed by atoms with Crippen molar-refractivity contribution >= 4 is 11.8 Å². The zero-order chi connectivity index (χ0) is 20.4. The van der Waals surface area contributed by atoms with Gasteiger partial charge in [0.05, 0.1) is 25.3 Å². The first kappa shape index (κ1) is 20.7. The third kappa shape index (κ3) is 4.33. The van der Waals surface area contributed by atoms with Crippen LogP contribution in [0.1, 0.15) is 18.4 Å². The highest BCUT2D eigenvalue weighted by atomic mass is 19.1. The number of carbonyl (C=O) groups is 2. The number of nitrogens with zero attached hydrogens (tertiary/aromatic N) is 4. The van der Waals surface area contributed by atoms with E-state index in [4.69, 9.17) is 4.74 Å². The molecule has 3 rings (SSSR count). The summed E-state index contributed by atoms with van der Waals surface area (Å²) >= 11 is 0. The molecule has 0 N–H and O–H groups in total. The number of halogens is 1. The fourth-order valence-electron chi connectivity index (χ4n) is 4.31. The smallest absolute Gasteiger partial charge is 0.224 e. The van der Waals surface area contributed by atoms with E-state index in [0.29, 0.717) is 38.1 Å². The molecule has 0 bridgehead atoms. The maximum Gasteiger partial charge on any atom is 0.224 e. The van der Waals surface area contributed by atoms with E-state index < -0.39 is 0 Å². The Hall–Kier alpha value is -2.06. The van der Waals surface area contributed by atoms with Gasteiger partial charge in [-0.2, -0.15) is 0 Å². The standard InChI is InChI=1S/C20H29FN4O3/c1-23(2)18(26)7-14-11-25(10-13-5-6-22-9-15(13)21)16-12-28-17(20(14)16)8-19(27)24(3)4/h5-6,9,14,16-17,20H,7-8,10-12H2,1-4H3/t14-,16-,17+,20-/m1/s1. The molecule has 8 heteroatoms. The molecule has 1 aromatic heterocycles. The van der Waals surface area contributed by atoms with Gasteiger partial charge in [-0.1, -0.05) is 0 Å². The van der Waals surface area contributed by atoms with Crippen LogP contribution in [0.2, 0.25) is 0 Å². The second-order valence-electron chi connectivity index (χ2n) is 8.16. The summed E-state index contributed by atoms with van der Waals surface area (Å²) in [6, 6.07) is 1.76. The predicted octanol–water partition coefficient (Wildman–Crippen LogP) is 0.993. The first-order chi connectivity index (χ1) is 13.3. The Kier molecular flexibility index (Phi) is 6.30. The molecule has 154 valence electrons. The Labute approximate surface area is 165 Å². The quantitative estimate of drug-likeness (QED) is 0.723. The molecule has 2 saturated heterocycles. The topological polar surface area (TPSA) is 66.0 Å². The van der Waals surface area contributed by atoms with Crippen LogP contribution in [-0.2, 0) is 20.9 Å². The summed E-state index contributed by atoms with van der Waals surface area (Å²) in [5.74, 6) is -0.0951. The molecule has 7 nitrogen and oxygen atoms in total. The minimum Gasteiger partial charge on any atom is -0.376 e. The lowest BCUT2D eigenvalue weighted by molar-refractivity contribution is -0.131. The summed E-state index contributed by atoms with van der Waals surface area (Å²) in [5.41, 5.74) is 0.584. The van der Waals surface area contributed by atoms with Crippen molar-refractivity contribution in [1.82, 2.24) is 19.7 Å². The molecule has 0 aliphatic carbocycles. The van der Waals surface area contributed by atoms with Crippen molar-refractivity contribution < 1.29 is 18.7 Å². The Morgan fingerprint density at radius 3 is 2.54 bits per heavy atom. The van der Waals surface area contributed by atoms with E-state index in [1.807, 2.05) is 0 Å². The highest BCUT2D eigenvalue weighted by Crippen LogP contribution is 2.42. The van der Waals surface area contributed by atoms with Gasteiger partial charge in [0.1, 0.15) is 5.82 Å². The van der Waals surface area contributed by atoms with Crippen LogP contribution in [-0.4, -0.2) is 85.0 Å². The zero-order valence-electron chi connectivity index (χ0n) is 17.0. The number of aromatic nitrogens is 1. The molecule has 0 unspecified atom stereocenters. The van der Waals surface area contributed by atoms with Crippen molar-refractivity contribution in [3.05, 3.63) is 29.8 Å². The van der Waals surface area contributed by atoms with Gasteiger partial charge in [0.15, 0.2) is 0 Å². The fraction of sp³-hybridized carbons (Fsp3) is 0.650. The van der Waals surface area contributed by atoms with Crippen molar-refractivity contribution in [2.24, 2.45) is 11.8 Å². The molecular formula is C20H29FN4O3. The van der Waals surface area contributed by atoms with Gasteiger partial charge in [-0.3, -0.25) is 19.5 Å². The molecule has 4 atom stereocenters. The molecule has 3 heterocycles.